The van der Waals surface area contributed by atoms with Gasteiger partial charge in [0, 0.05) is 22.7 Å². The molecule has 210 valence electrons. The number of hydrogen-bond donors (Lipinski definition) is 1. The molecule has 0 aromatic rings. The number of aliphatic hydroxyl groups is 1. The number of carbonyl (C=O) groups is 2. The number of carbonyl (C=O) groups excluding carboxylic acids is 2. The minimum Gasteiger partial charge on any atom is -0.393 e. The van der Waals surface area contributed by atoms with Crippen LogP contribution in [0.1, 0.15) is 71.6 Å². The molecule has 0 unspecified atom stereocenters. The number of fused-ring (bicyclic) bond motifs is 7. The Kier molecular flexibility index (Phi) is 6.39. The minimum atomic E-state index is -3.83. The van der Waals surface area contributed by atoms with Crippen LogP contribution in [-0.4, -0.2) is 62.1 Å². The molecule has 6 aliphatic rings. The summed E-state index contributed by atoms with van der Waals surface area (Å²) in [7, 11) is -3.83. The molecule has 1 heterocycles. The van der Waals surface area contributed by atoms with Crippen molar-refractivity contribution in [2.45, 2.75) is 95.7 Å². The quantitative estimate of drug-likeness (QED) is 0.519. The third-order valence-corrected chi connectivity index (χ3v) is 11.7. The molecule has 9 heteroatoms. The normalized spacial score (nSPS) is 46.6. The molecule has 6 rings (SSSR count). The predicted molar refractivity (Wildman–Crippen MR) is 138 cm³/mol. The van der Waals surface area contributed by atoms with Crippen molar-refractivity contribution >= 4 is 21.7 Å². The highest BCUT2D eigenvalue weighted by atomic mass is 32.2. The van der Waals surface area contributed by atoms with E-state index in [4.69, 9.17) is 13.7 Å². The number of rotatable bonds is 5. The summed E-state index contributed by atoms with van der Waals surface area (Å²) in [4.78, 5) is 26.2. The highest BCUT2D eigenvalue weighted by Gasteiger charge is 2.76. The van der Waals surface area contributed by atoms with Crippen LogP contribution in [0.25, 0.3) is 0 Å². The first-order valence-electron chi connectivity index (χ1n) is 14.2. The molecular weight excluding hydrogens is 508 g/mol. The van der Waals surface area contributed by atoms with Crippen LogP contribution in [0.5, 0.6) is 0 Å². The molecule has 4 saturated carbocycles. The zero-order chi connectivity index (χ0) is 27.1. The average molecular weight is 549 g/mol. The first kappa shape index (κ1) is 26.8. The molecule has 8 nitrogen and oxygen atoms in total. The minimum absolute atomic E-state index is 0.00700. The van der Waals surface area contributed by atoms with E-state index in [-0.39, 0.29) is 29.5 Å². The van der Waals surface area contributed by atoms with Crippen molar-refractivity contribution < 1.29 is 36.8 Å². The van der Waals surface area contributed by atoms with E-state index < -0.39 is 57.4 Å². The Morgan fingerprint density at radius 2 is 1.92 bits per heavy atom. The molecule has 0 spiro atoms. The van der Waals surface area contributed by atoms with Gasteiger partial charge in [-0.25, -0.2) is 0 Å². The van der Waals surface area contributed by atoms with Crippen molar-refractivity contribution in [2.75, 3.05) is 12.9 Å². The summed E-state index contributed by atoms with van der Waals surface area (Å²) in [5.41, 5.74) is -1.46. The van der Waals surface area contributed by atoms with Crippen LogP contribution in [-0.2, 0) is 33.4 Å². The molecule has 0 aromatic carbocycles. The standard InChI is InChI=1S/C29H40O8S/c1-27-12-11-19(30)13-18(27)9-10-20-21-14-24-29(23(32)16-35-38(3,33)34,28(21,2)15-22(31)25(20)27)37-26(36-24)17-7-5-4-6-8-17/h11-13,17,20-22,24-26,31H,4-10,14-16H2,1-3H3/t20-,21-,22-,24+,25+,26+,27-,28-,29+/m0/s1. The monoisotopic (exact) mass is 548 g/mol. The second kappa shape index (κ2) is 9.06. The number of aliphatic hydroxyl groups excluding tert-OH is 1. The van der Waals surface area contributed by atoms with Gasteiger partial charge in [-0.2, -0.15) is 8.42 Å². The molecule has 38 heavy (non-hydrogen) atoms. The Balaban J connectivity index is 1.37. The summed E-state index contributed by atoms with van der Waals surface area (Å²) in [6.45, 7) is 3.56. The van der Waals surface area contributed by atoms with Crippen LogP contribution in [0.3, 0.4) is 0 Å². The van der Waals surface area contributed by atoms with Gasteiger partial charge in [-0.15, -0.1) is 0 Å². The summed E-state index contributed by atoms with van der Waals surface area (Å²) in [6.07, 6.45) is 12.4. The van der Waals surface area contributed by atoms with Gasteiger partial charge in [0.25, 0.3) is 10.1 Å². The Morgan fingerprint density at radius 1 is 1.18 bits per heavy atom. The number of Topliss-reactive ketones (excluding diaryl/α,β-unsaturated/α-hetero) is 1. The van der Waals surface area contributed by atoms with Gasteiger partial charge in [-0.05, 0) is 62.5 Å². The van der Waals surface area contributed by atoms with Crippen LogP contribution in [0.15, 0.2) is 23.8 Å². The SMILES string of the molecule is C[C@]12C=CC(=O)C=C1CC[C@@H]1[C@@H]2[C@@H](O)C[C@@]2(C)[C@H]1C[C@H]1O[C@@H](C3CCCCC3)O[C@]12C(=O)COS(C)(=O)=O. The molecular formula is C29H40O8S. The van der Waals surface area contributed by atoms with Crippen molar-refractivity contribution in [1.82, 2.24) is 0 Å². The first-order chi connectivity index (χ1) is 17.9. The van der Waals surface area contributed by atoms with Crippen LogP contribution in [0.2, 0.25) is 0 Å². The summed E-state index contributed by atoms with van der Waals surface area (Å²) >= 11 is 0. The summed E-state index contributed by atoms with van der Waals surface area (Å²) in [6, 6.07) is 0. The van der Waals surface area contributed by atoms with E-state index in [9.17, 15) is 23.1 Å². The number of allylic oxidation sites excluding steroid dienone is 4. The fourth-order valence-electron chi connectivity index (χ4n) is 9.48. The fraction of sp³-hybridized carbons (Fsp3) is 0.793. The molecule has 5 fully saturated rings. The zero-order valence-electron chi connectivity index (χ0n) is 22.6. The van der Waals surface area contributed by atoms with Crippen LogP contribution in [0.4, 0.5) is 0 Å². The van der Waals surface area contributed by atoms with Gasteiger partial charge in [0.05, 0.1) is 18.5 Å². The lowest BCUT2D eigenvalue weighted by atomic mass is 9.46. The van der Waals surface area contributed by atoms with Crippen LogP contribution < -0.4 is 0 Å². The molecule has 9 atom stereocenters. The average Bonchev–Trinajstić information content (AvgIpc) is 3.36. The Labute approximate surface area is 225 Å². The Hall–Kier alpha value is -1.39. The third kappa shape index (κ3) is 3.86. The summed E-state index contributed by atoms with van der Waals surface area (Å²) in [5.74, 6) is -0.156. The number of hydrogen-bond acceptors (Lipinski definition) is 8. The maximum atomic E-state index is 14.0. The summed E-state index contributed by atoms with van der Waals surface area (Å²) in [5, 5.41) is 11.8. The molecule has 0 radical (unpaired) electrons. The van der Waals surface area contributed by atoms with E-state index in [1.165, 1.54) is 6.42 Å². The van der Waals surface area contributed by atoms with Gasteiger partial charge in [0.1, 0.15) is 6.61 Å². The number of ketones is 2. The number of ether oxygens (including phenoxy) is 2. The van der Waals surface area contributed by atoms with Gasteiger partial charge < -0.3 is 14.6 Å². The van der Waals surface area contributed by atoms with E-state index >= 15 is 0 Å². The van der Waals surface area contributed by atoms with E-state index in [1.807, 2.05) is 13.0 Å². The molecule has 1 N–H and O–H groups in total. The van der Waals surface area contributed by atoms with Gasteiger partial charge in [-0.3, -0.25) is 13.8 Å². The lowest BCUT2D eigenvalue weighted by Gasteiger charge is -2.59. The van der Waals surface area contributed by atoms with Crippen molar-refractivity contribution in [1.29, 1.82) is 0 Å². The summed E-state index contributed by atoms with van der Waals surface area (Å²) < 4.78 is 42.0. The fourth-order valence-corrected chi connectivity index (χ4v) is 9.80. The van der Waals surface area contributed by atoms with Crippen molar-refractivity contribution in [3.05, 3.63) is 23.8 Å². The van der Waals surface area contributed by atoms with Gasteiger partial charge in [-0.1, -0.05) is 44.8 Å². The topological polar surface area (TPSA) is 116 Å². The van der Waals surface area contributed by atoms with Crippen molar-refractivity contribution in [2.24, 2.45) is 34.5 Å². The molecule has 1 saturated heterocycles. The van der Waals surface area contributed by atoms with Gasteiger partial charge in [0.15, 0.2) is 23.5 Å². The van der Waals surface area contributed by atoms with Crippen LogP contribution in [0, 0.1) is 34.5 Å². The van der Waals surface area contributed by atoms with E-state index in [2.05, 4.69) is 6.92 Å². The molecule has 1 aliphatic heterocycles. The maximum Gasteiger partial charge on any atom is 0.264 e. The van der Waals surface area contributed by atoms with Crippen LogP contribution >= 0.6 is 0 Å². The lowest BCUT2D eigenvalue weighted by molar-refractivity contribution is -0.209. The van der Waals surface area contributed by atoms with Crippen molar-refractivity contribution in [3.8, 4) is 0 Å². The van der Waals surface area contributed by atoms with Crippen molar-refractivity contribution in [3.63, 3.8) is 0 Å². The zero-order valence-corrected chi connectivity index (χ0v) is 23.4. The Morgan fingerprint density at radius 3 is 2.63 bits per heavy atom. The van der Waals surface area contributed by atoms with E-state index in [1.54, 1.807) is 12.2 Å². The molecule has 0 amide bonds. The largest absolute Gasteiger partial charge is 0.393 e. The highest BCUT2D eigenvalue weighted by molar-refractivity contribution is 7.86. The van der Waals surface area contributed by atoms with E-state index in [0.29, 0.717) is 12.8 Å². The molecule has 0 bridgehead atoms. The van der Waals surface area contributed by atoms with Gasteiger partial charge in [0.2, 0.25) is 0 Å². The lowest BCUT2D eigenvalue weighted by Crippen LogP contribution is -2.63. The first-order valence-corrected chi connectivity index (χ1v) is 16.0. The van der Waals surface area contributed by atoms with E-state index in [0.717, 1.165) is 50.4 Å². The second-order valence-corrected chi connectivity index (χ2v) is 14.7. The second-order valence-electron chi connectivity index (χ2n) is 13.1. The Bertz CT molecular complexity index is 1180. The smallest absolute Gasteiger partial charge is 0.264 e. The maximum absolute atomic E-state index is 14.0. The predicted octanol–water partition coefficient (Wildman–Crippen LogP) is 3.48. The molecule has 5 aliphatic carbocycles. The molecule has 0 aromatic heterocycles. The third-order valence-electron chi connectivity index (χ3n) is 11.1. The van der Waals surface area contributed by atoms with Gasteiger partial charge >= 0.3 is 0 Å². The highest BCUT2D eigenvalue weighted by Crippen LogP contribution is 2.70.